The second-order valence-electron chi connectivity index (χ2n) is 4.20. The van der Waals surface area contributed by atoms with Crippen LogP contribution >= 0.6 is 15.9 Å². The predicted octanol–water partition coefficient (Wildman–Crippen LogP) is 4.32. The first kappa shape index (κ1) is 12.8. The van der Waals surface area contributed by atoms with Crippen LogP contribution in [0.15, 0.2) is 46.9 Å². The maximum Gasteiger partial charge on any atom is 0.256 e. The molecule has 2 aromatic rings. The van der Waals surface area contributed by atoms with Gasteiger partial charge in [0.15, 0.2) is 0 Å². The first-order valence-corrected chi connectivity index (χ1v) is 6.51. The molecule has 0 aliphatic heterocycles. The van der Waals surface area contributed by atoms with E-state index in [9.17, 15) is 4.79 Å². The van der Waals surface area contributed by atoms with Crippen LogP contribution < -0.4 is 5.32 Å². The first-order valence-electron chi connectivity index (χ1n) is 5.71. The van der Waals surface area contributed by atoms with Gasteiger partial charge in [-0.1, -0.05) is 30.3 Å². The van der Waals surface area contributed by atoms with Gasteiger partial charge in [-0.3, -0.25) is 4.79 Å². The van der Waals surface area contributed by atoms with E-state index in [0.717, 1.165) is 26.9 Å². The lowest BCUT2D eigenvalue weighted by Crippen LogP contribution is -2.15. The molecular weight excluding hydrogens is 290 g/mol. The van der Waals surface area contributed by atoms with Gasteiger partial charge in [0.05, 0.1) is 5.69 Å². The van der Waals surface area contributed by atoms with E-state index in [4.69, 9.17) is 0 Å². The van der Waals surface area contributed by atoms with E-state index in [1.54, 1.807) is 0 Å². The van der Waals surface area contributed by atoms with Crippen LogP contribution in [0.5, 0.6) is 0 Å². The number of hydrogen-bond donors (Lipinski definition) is 1. The Morgan fingerprint density at radius 1 is 1.00 bits per heavy atom. The molecule has 0 unspecified atom stereocenters. The summed E-state index contributed by atoms with van der Waals surface area (Å²) < 4.78 is 0.879. The fourth-order valence-corrected chi connectivity index (χ4v) is 2.30. The number of carbonyl (C=O) groups is 1. The van der Waals surface area contributed by atoms with Crippen LogP contribution in [0.25, 0.3) is 0 Å². The standard InChI is InChI=1S/C15H14BrNO/c1-10-6-5-7-11(2)14(10)15(18)17-13-9-4-3-8-12(13)16/h3-9H,1-2H3,(H,17,18). The highest BCUT2D eigenvalue weighted by Gasteiger charge is 2.12. The molecule has 2 aromatic carbocycles. The largest absolute Gasteiger partial charge is 0.321 e. The summed E-state index contributed by atoms with van der Waals surface area (Å²) in [6.45, 7) is 3.89. The third-order valence-electron chi connectivity index (χ3n) is 2.83. The number of anilines is 1. The summed E-state index contributed by atoms with van der Waals surface area (Å²) in [6.07, 6.45) is 0. The highest BCUT2D eigenvalue weighted by molar-refractivity contribution is 9.10. The van der Waals surface area contributed by atoms with Crippen LogP contribution in [0.4, 0.5) is 5.69 Å². The molecule has 0 aliphatic carbocycles. The third-order valence-corrected chi connectivity index (χ3v) is 3.52. The summed E-state index contributed by atoms with van der Waals surface area (Å²) in [6, 6.07) is 13.4. The lowest BCUT2D eigenvalue weighted by Gasteiger charge is -2.11. The van der Waals surface area contributed by atoms with E-state index in [-0.39, 0.29) is 5.91 Å². The smallest absolute Gasteiger partial charge is 0.256 e. The molecule has 92 valence electrons. The van der Waals surface area contributed by atoms with Crippen molar-refractivity contribution in [1.29, 1.82) is 0 Å². The summed E-state index contributed by atoms with van der Waals surface area (Å²) in [5.74, 6) is -0.0718. The summed E-state index contributed by atoms with van der Waals surface area (Å²) in [5.41, 5.74) is 3.50. The van der Waals surface area contributed by atoms with Crippen LogP contribution in [0.2, 0.25) is 0 Å². The van der Waals surface area contributed by atoms with Crippen molar-refractivity contribution in [1.82, 2.24) is 0 Å². The van der Waals surface area contributed by atoms with Gasteiger partial charge in [0.2, 0.25) is 0 Å². The lowest BCUT2D eigenvalue weighted by atomic mass is 10.0. The van der Waals surface area contributed by atoms with Crippen LogP contribution in [-0.2, 0) is 0 Å². The number of rotatable bonds is 2. The zero-order valence-electron chi connectivity index (χ0n) is 10.3. The van der Waals surface area contributed by atoms with Gasteiger partial charge >= 0.3 is 0 Å². The molecule has 0 aliphatic rings. The number of aryl methyl sites for hydroxylation is 2. The summed E-state index contributed by atoms with van der Waals surface area (Å²) in [5, 5.41) is 2.92. The molecule has 0 bridgehead atoms. The SMILES string of the molecule is Cc1cccc(C)c1C(=O)Nc1ccccc1Br. The van der Waals surface area contributed by atoms with Crippen molar-refractivity contribution in [2.75, 3.05) is 5.32 Å². The molecule has 0 saturated carbocycles. The Labute approximate surface area is 115 Å². The van der Waals surface area contributed by atoms with Gasteiger partial charge < -0.3 is 5.32 Å². The topological polar surface area (TPSA) is 29.1 Å². The quantitative estimate of drug-likeness (QED) is 0.879. The van der Waals surface area contributed by atoms with Gasteiger partial charge in [-0.2, -0.15) is 0 Å². The monoisotopic (exact) mass is 303 g/mol. The summed E-state index contributed by atoms with van der Waals surface area (Å²) in [7, 11) is 0. The van der Waals surface area contributed by atoms with Crippen molar-refractivity contribution in [3.05, 3.63) is 63.6 Å². The Kier molecular flexibility index (Phi) is 3.82. The molecule has 0 aromatic heterocycles. The van der Waals surface area contributed by atoms with Crippen LogP contribution in [0, 0.1) is 13.8 Å². The molecule has 2 nitrogen and oxygen atoms in total. The van der Waals surface area contributed by atoms with Crippen molar-refractivity contribution in [2.24, 2.45) is 0 Å². The molecule has 1 amide bonds. The number of carbonyl (C=O) groups excluding carboxylic acids is 1. The fraction of sp³-hybridized carbons (Fsp3) is 0.133. The van der Waals surface area contributed by atoms with E-state index in [2.05, 4.69) is 21.2 Å². The van der Waals surface area contributed by atoms with Crippen molar-refractivity contribution in [3.63, 3.8) is 0 Å². The molecule has 0 saturated heterocycles. The molecule has 0 fully saturated rings. The zero-order chi connectivity index (χ0) is 13.1. The molecule has 0 atom stereocenters. The first-order chi connectivity index (χ1) is 8.59. The number of para-hydroxylation sites is 1. The Balaban J connectivity index is 2.31. The van der Waals surface area contributed by atoms with Gasteiger partial charge in [0, 0.05) is 10.0 Å². The molecule has 0 radical (unpaired) electrons. The Bertz CT molecular complexity index is 573. The van der Waals surface area contributed by atoms with Gasteiger partial charge in [-0.05, 0) is 53.0 Å². The zero-order valence-corrected chi connectivity index (χ0v) is 11.9. The minimum atomic E-state index is -0.0718. The molecule has 2 rings (SSSR count). The maximum atomic E-state index is 12.3. The normalized spacial score (nSPS) is 10.2. The van der Waals surface area contributed by atoms with Crippen LogP contribution in [0.3, 0.4) is 0 Å². The van der Waals surface area contributed by atoms with E-state index >= 15 is 0 Å². The number of halogens is 1. The van der Waals surface area contributed by atoms with Crippen molar-refractivity contribution < 1.29 is 4.79 Å². The minimum Gasteiger partial charge on any atom is -0.321 e. The maximum absolute atomic E-state index is 12.3. The Morgan fingerprint density at radius 3 is 2.22 bits per heavy atom. The Hall–Kier alpha value is -1.61. The molecule has 18 heavy (non-hydrogen) atoms. The average Bonchev–Trinajstić information content (AvgIpc) is 2.32. The van der Waals surface area contributed by atoms with Gasteiger partial charge in [-0.15, -0.1) is 0 Å². The molecule has 3 heteroatoms. The number of amides is 1. The highest BCUT2D eigenvalue weighted by atomic mass is 79.9. The van der Waals surface area contributed by atoms with E-state index in [1.165, 1.54) is 0 Å². The number of benzene rings is 2. The molecule has 1 N–H and O–H groups in total. The minimum absolute atomic E-state index is 0.0718. The molecular formula is C15H14BrNO. The van der Waals surface area contributed by atoms with Crippen LogP contribution in [0.1, 0.15) is 21.5 Å². The van der Waals surface area contributed by atoms with Crippen molar-refractivity contribution in [2.45, 2.75) is 13.8 Å². The van der Waals surface area contributed by atoms with E-state index in [0.29, 0.717) is 0 Å². The van der Waals surface area contributed by atoms with E-state index < -0.39 is 0 Å². The van der Waals surface area contributed by atoms with E-state index in [1.807, 2.05) is 56.3 Å². The molecule has 0 heterocycles. The molecule has 0 spiro atoms. The Morgan fingerprint density at radius 2 is 1.61 bits per heavy atom. The van der Waals surface area contributed by atoms with Crippen LogP contribution in [-0.4, -0.2) is 5.91 Å². The fourth-order valence-electron chi connectivity index (χ4n) is 1.92. The summed E-state index contributed by atoms with van der Waals surface area (Å²) in [4.78, 5) is 12.3. The van der Waals surface area contributed by atoms with Gasteiger partial charge in [0.25, 0.3) is 5.91 Å². The average molecular weight is 304 g/mol. The lowest BCUT2D eigenvalue weighted by molar-refractivity contribution is 0.102. The van der Waals surface area contributed by atoms with Crippen molar-refractivity contribution in [3.8, 4) is 0 Å². The predicted molar refractivity (Wildman–Crippen MR) is 78.0 cm³/mol. The highest BCUT2D eigenvalue weighted by Crippen LogP contribution is 2.23. The second-order valence-corrected chi connectivity index (χ2v) is 5.06. The van der Waals surface area contributed by atoms with Gasteiger partial charge in [-0.25, -0.2) is 0 Å². The van der Waals surface area contributed by atoms with Gasteiger partial charge in [0.1, 0.15) is 0 Å². The third kappa shape index (κ3) is 2.62. The summed E-state index contributed by atoms with van der Waals surface area (Å²) >= 11 is 3.42. The second kappa shape index (κ2) is 5.36. The number of hydrogen-bond acceptors (Lipinski definition) is 1. The number of nitrogens with one attached hydrogen (secondary N) is 1. The van der Waals surface area contributed by atoms with Crippen molar-refractivity contribution >= 4 is 27.5 Å².